The third-order valence-electron chi connectivity index (χ3n) is 1.70. The van der Waals surface area contributed by atoms with E-state index in [9.17, 15) is 0 Å². The van der Waals surface area contributed by atoms with Gasteiger partial charge in [-0.15, -0.1) is 0 Å². The van der Waals surface area contributed by atoms with Gasteiger partial charge in [-0.2, -0.15) is 0 Å². The Labute approximate surface area is 65.1 Å². The SMILES string of the molecule is c1ncc2c(n1)NCCNC2. The minimum absolute atomic E-state index is 0.864. The summed E-state index contributed by atoms with van der Waals surface area (Å²) in [4.78, 5) is 8.07. The summed E-state index contributed by atoms with van der Waals surface area (Å²) in [6.45, 7) is 2.78. The van der Waals surface area contributed by atoms with Crippen molar-refractivity contribution >= 4 is 5.82 Å². The molecule has 2 N–H and O–H groups in total. The highest BCUT2D eigenvalue weighted by Crippen LogP contribution is 2.10. The molecule has 0 unspecified atom stereocenters. The quantitative estimate of drug-likeness (QED) is 0.546. The lowest BCUT2D eigenvalue weighted by Crippen LogP contribution is -2.16. The third-order valence-corrected chi connectivity index (χ3v) is 1.70. The van der Waals surface area contributed by atoms with Gasteiger partial charge in [0.2, 0.25) is 0 Å². The van der Waals surface area contributed by atoms with Crippen molar-refractivity contribution in [3.8, 4) is 0 Å². The van der Waals surface area contributed by atoms with Crippen LogP contribution in [0.5, 0.6) is 0 Å². The summed E-state index contributed by atoms with van der Waals surface area (Å²) in [5, 5.41) is 6.47. The summed E-state index contributed by atoms with van der Waals surface area (Å²) in [5.41, 5.74) is 1.14. The largest absolute Gasteiger partial charge is 0.368 e. The van der Waals surface area contributed by atoms with Crippen LogP contribution in [0.4, 0.5) is 5.82 Å². The molecule has 58 valence electrons. The first-order chi connectivity index (χ1) is 5.47. The molecule has 4 heteroatoms. The van der Waals surface area contributed by atoms with E-state index in [1.54, 1.807) is 6.33 Å². The van der Waals surface area contributed by atoms with E-state index in [2.05, 4.69) is 20.6 Å². The molecule has 2 rings (SSSR count). The first kappa shape index (κ1) is 6.54. The van der Waals surface area contributed by atoms with Crippen LogP contribution in [0.25, 0.3) is 0 Å². The summed E-state index contributed by atoms with van der Waals surface area (Å²) < 4.78 is 0. The fraction of sp³-hybridized carbons (Fsp3) is 0.429. The Morgan fingerprint density at radius 2 is 2.36 bits per heavy atom. The van der Waals surface area contributed by atoms with E-state index < -0.39 is 0 Å². The van der Waals surface area contributed by atoms with E-state index in [0.29, 0.717) is 0 Å². The van der Waals surface area contributed by atoms with Gasteiger partial charge in [-0.3, -0.25) is 0 Å². The van der Waals surface area contributed by atoms with Crippen LogP contribution in [0.2, 0.25) is 0 Å². The molecule has 2 heterocycles. The lowest BCUT2D eigenvalue weighted by Gasteiger charge is -2.02. The van der Waals surface area contributed by atoms with Gasteiger partial charge in [-0.1, -0.05) is 0 Å². The Bertz CT molecular complexity index is 223. The second kappa shape index (κ2) is 2.84. The average Bonchev–Trinajstić information content (AvgIpc) is 2.28. The van der Waals surface area contributed by atoms with Gasteiger partial charge in [0.25, 0.3) is 0 Å². The van der Waals surface area contributed by atoms with Crippen LogP contribution in [0.15, 0.2) is 12.5 Å². The van der Waals surface area contributed by atoms with E-state index in [4.69, 9.17) is 0 Å². The molecule has 1 aromatic rings. The molecule has 0 aliphatic carbocycles. The van der Waals surface area contributed by atoms with Gasteiger partial charge in [-0.25, -0.2) is 9.97 Å². The van der Waals surface area contributed by atoms with Crippen molar-refractivity contribution in [2.45, 2.75) is 6.54 Å². The monoisotopic (exact) mass is 150 g/mol. The van der Waals surface area contributed by atoms with Crippen molar-refractivity contribution in [3.05, 3.63) is 18.1 Å². The van der Waals surface area contributed by atoms with E-state index in [1.165, 1.54) is 0 Å². The predicted molar refractivity (Wildman–Crippen MR) is 42.2 cm³/mol. The summed E-state index contributed by atoms with van der Waals surface area (Å²) >= 11 is 0. The van der Waals surface area contributed by atoms with Crippen molar-refractivity contribution < 1.29 is 0 Å². The topological polar surface area (TPSA) is 49.8 Å². The number of hydrogen-bond acceptors (Lipinski definition) is 4. The van der Waals surface area contributed by atoms with Crippen LogP contribution in [-0.2, 0) is 6.54 Å². The van der Waals surface area contributed by atoms with E-state index in [1.807, 2.05) is 6.20 Å². The van der Waals surface area contributed by atoms with Crippen molar-refractivity contribution in [2.24, 2.45) is 0 Å². The first-order valence-electron chi connectivity index (χ1n) is 3.70. The highest BCUT2D eigenvalue weighted by Gasteiger charge is 2.05. The van der Waals surface area contributed by atoms with E-state index >= 15 is 0 Å². The zero-order chi connectivity index (χ0) is 7.52. The molecule has 0 aromatic carbocycles. The van der Waals surface area contributed by atoms with Crippen LogP contribution < -0.4 is 10.6 Å². The van der Waals surface area contributed by atoms with Gasteiger partial charge < -0.3 is 10.6 Å². The Hall–Kier alpha value is -1.16. The average molecular weight is 150 g/mol. The molecule has 1 aromatic heterocycles. The summed E-state index contributed by atoms with van der Waals surface area (Å²) in [7, 11) is 0. The number of nitrogens with one attached hydrogen (secondary N) is 2. The molecule has 1 aliphatic heterocycles. The van der Waals surface area contributed by atoms with E-state index in [0.717, 1.165) is 31.0 Å². The number of nitrogens with zero attached hydrogens (tertiary/aromatic N) is 2. The summed E-state index contributed by atoms with van der Waals surface area (Å²) in [5.74, 6) is 0.963. The van der Waals surface area contributed by atoms with Gasteiger partial charge >= 0.3 is 0 Å². The minimum atomic E-state index is 0.864. The second-order valence-electron chi connectivity index (χ2n) is 2.50. The number of fused-ring (bicyclic) bond motifs is 1. The van der Waals surface area contributed by atoms with Crippen molar-refractivity contribution in [1.29, 1.82) is 0 Å². The Morgan fingerprint density at radius 1 is 1.36 bits per heavy atom. The molecule has 4 nitrogen and oxygen atoms in total. The molecule has 11 heavy (non-hydrogen) atoms. The van der Waals surface area contributed by atoms with Gasteiger partial charge in [0, 0.05) is 31.4 Å². The molecular formula is C7H10N4. The standard InChI is InChI=1S/C7H10N4/c1-2-10-7-6(3-8-1)4-9-5-11-7/h4-5,8H,1-3H2,(H,9,10,11). The maximum atomic E-state index is 4.12. The highest BCUT2D eigenvalue weighted by atomic mass is 15.1. The van der Waals surface area contributed by atoms with Crippen molar-refractivity contribution in [3.63, 3.8) is 0 Å². The first-order valence-corrected chi connectivity index (χ1v) is 3.70. The maximum absolute atomic E-state index is 4.12. The fourth-order valence-electron chi connectivity index (χ4n) is 1.14. The molecule has 0 radical (unpaired) electrons. The van der Waals surface area contributed by atoms with Crippen LogP contribution in [-0.4, -0.2) is 23.1 Å². The third kappa shape index (κ3) is 1.30. The molecule has 1 aliphatic rings. The lowest BCUT2D eigenvalue weighted by molar-refractivity contribution is 0.723. The van der Waals surface area contributed by atoms with Gasteiger partial charge in [0.05, 0.1) is 0 Å². The number of aromatic nitrogens is 2. The zero-order valence-corrected chi connectivity index (χ0v) is 6.17. The molecule has 0 bridgehead atoms. The molecule has 0 atom stereocenters. The highest BCUT2D eigenvalue weighted by molar-refractivity contribution is 5.42. The summed E-state index contributed by atoms with van der Waals surface area (Å²) in [6, 6.07) is 0. The number of anilines is 1. The van der Waals surface area contributed by atoms with Crippen LogP contribution >= 0.6 is 0 Å². The smallest absolute Gasteiger partial charge is 0.133 e. The predicted octanol–water partition coefficient (Wildman–Crippen LogP) is -0.00830. The van der Waals surface area contributed by atoms with Gasteiger partial charge in [-0.05, 0) is 0 Å². The maximum Gasteiger partial charge on any atom is 0.133 e. The van der Waals surface area contributed by atoms with Gasteiger partial charge in [0.1, 0.15) is 12.1 Å². The molecule has 0 spiro atoms. The number of rotatable bonds is 0. The second-order valence-corrected chi connectivity index (χ2v) is 2.50. The molecule has 0 amide bonds. The zero-order valence-electron chi connectivity index (χ0n) is 6.17. The molecule has 0 fully saturated rings. The summed E-state index contributed by atoms with van der Waals surface area (Å²) in [6.07, 6.45) is 3.41. The normalized spacial score (nSPS) is 16.4. The number of hydrogen-bond donors (Lipinski definition) is 2. The van der Waals surface area contributed by atoms with Crippen molar-refractivity contribution in [2.75, 3.05) is 18.4 Å². The van der Waals surface area contributed by atoms with Crippen molar-refractivity contribution in [1.82, 2.24) is 15.3 Å². The Morgan fingerprint density at radius 3 is 3.36 bits per heavy atom. The van der Waals surface area contributed by atoms with Gasteiger partial charge in [0.15, 0.2) is 0 Å². The molecule has 0 saturated carbocycles. The van der Waals surface area contributed by atoms with E-state index in [-0.39, 0.29) is 0 Å². The van der Waals surface area contributed by atoms with Crippen LogP contribution in [0, 0.1) is 0 Å². The minimum Gasteiger partial charge on any atom is -0.368 e. The lowest BCUT2D eigenvalue weighted by atomic mass is 10.3. The fourth-order valence-corrected chi connectivity index (χ4v) is 1.14. The molecular weight excluding hydrogens is 140 g/mol. The Kier molecular flexibility index (Phi) is 1.69. The van der Waals surface area contributed by atoms with Crippen LogP contribution in [0.3, 0.4) is 0 Å². The van der Waals surface area contributed by atoms with Crippen LogP contribution in [0.1, 0.15) is 5.56 Å². The molecule has 0 saturated heterocycles. The Balaban J connectivity index is 2.33.